The number of para-hydroxylation sites is 2. The normalized spacial score (nSPS) is 16.7. The molecule has 24 heavy (non-hydrogen) atoms. The fourth-order valence-corrected chi connectivity index (χ4v) is 2.19. The fourth-order valence-electron chi connectivity index (χ4n) is 2.19. The van der Waals surface area contributed by atoms with E-state index in [0.717, 1.165) is 10.7 Å². The number of aromatic nitrogens is 2. The Morgan fingerprint density at radius 2 is 2.04 bits per heavy atom. The number of nitrogens with one attached hydrogen (secondary N) is 1. The van der Waals surface area contributed by atoms with E-state index < -0.39 is 23.9 Å². The van der Waals surface area contributed by atoms with E-state index in [2.05, 4.69) is 10.4 Å². The highest BCUT2D eigenvalue weighted by Gasteiger charge is 2.33. The first-order valence-electron chi connectivity index (χ1n) is 7.20. The lowest BCUT2D eigenvalue weighted by Gasteiger charge is -2.25. The van der Waals surface area contributed by atoms with E-state index >= 15 is 0 Å². The Bertz CT molecular complexity index is 730. The number of amides is 1. The van der Waals surface area contributed by atoms with Crippen LogP contribution >= 0.6 is 0 Å². The van der Waals surface area contributed by atoms with Crippen molar-refractivity contribution < 1.29 is 27.4 Å². The largest absolute Gasteiger partial charge is 0.485 e. The lowest BCUT2D eigenvalue weighted by Crippen LogP contribution is -2.44. The average Bonchev–Trinajstić information content (AvgIpc) is 3.03. The monoisotopic (exact) mass is 341 g/mol. The highest BCUT2D eigenvalue weighted by atomic mass is 19.4. The minimum absolute atomic E-state index is 0.0723. The number of halogens is 3. The van der Waals surface area contributed by atoms with Crippen LogP contribution < -0.4 is 14.8 Å². The van der Waals surface area contributed by atoms with Crippen molar-refractivity contribution in [1.82, 2.24) is 15.1 Å². The molecule has 1 unspecified atom stereocenters. The van der Waals surface area contributed by atoms with Gasteiger partial charge >= 0.3 is 6.18 Å². The van der Waals surface area contributed by atoms with Crippen molar-refractivity contribution in [1.29, 1.82) is 0 Å². The zero-order chi connectivity index (χ0) is 17.2. The molecule has 1 aromatic carbocycles. The van der Waals surface area contributed by atoms with Gasteiger partial charge in [-0.1, -0.05) is 12.1 Å². The predicted octanol–water partition coefficient (Wildman–Crippen LogP) is 1.86. The van der Waals surface area contributed by atoms with Crippen LogP contribution in [0.2, 0.25) is 0 Å². The van der Waals surface area contributed by atoms with Gasteiger partial charge in [0, 0.05) is 12.7 Å². The molecule has 1 atom stereocenters. The highest BCUT2D eigenvalue weighted by molar-refractivity contribution is 5.81. The quantitative estimate of drug-likeness (QED) is 0.922. The second-order valence-electron chi connectivity index (χ2n) is 5.12. The van der Waals surface area contributed by atoms with Gasteiger partial charge in [0.05, 0.1) is 6.54 Å². The van der Waals surface area contributed by atoms with Crippen LogP contribution in [0.25, 0.3) is 0 Å². The molecule has 2 aromatic rings. The molecule has 1 amide bonds. The Morgan fingerprint density at radius 3 is 2.75 bits per heavy atom. The number of carbonyl (C=O) groups is 1. The van der Waals surface area contributed by atoms with Crippen LogP contribution in [0.15, 0.2) is 36.5 Å². The first-order valence-corrected chi connectivity index (χ1v) is 7.20. The number of hydrogen-bond acceptors (Lipinski definition) is 4. The number of ether oxygens (including phenoxy) is 2. The van der Waals surface area contributed by atoms with Gasteiger partial charge in [-0.05, 0) is 18.2 Å². The van der Waals surface area contributed by atoms with Gasteiger partial charge in [0.25, 0.3) is 5.91 Å². The van der Waals surface area contributed by atoms with E-state index in [4.69, 9.17) is 9.47 Å². The van der Waals surface area contributed by atoms with E-state index in [1.165, 1.54) is 6.20 Å². The Balaban J connectivity index is 1.49. The number of fused-ring (bicyclic) bond motifs is 1. The first-order chi connectivity index (χ1) is 11.4. The maximum absolute atomic E-state index is 12.4. The van der Waals surface area contributed by atoms with Gasteiger partial charge in [-0.3, -0.25) is 9.48 Å². The van der Waals surface area contributed by atoms with Gasteiger partial charge in [-0.25, -0.2) is 0 Å². The number of alkyl halides is 3. The zero-order valence-electron chi connectivity index (χ0n) is 12.4. The van der Waals surface area contributed by atoms with Crippen LogP contribution in [0, 0.1) is 0 Å². The molecule has 0 spiro atoms. The summed E-state index contributed by atoms with van der Waals surface area (Å²) in [5.41, 5.74) is -0.963. The highest BCUT2D eigenvalue weighted by Crippen LogP contribution is 2.30. The number of hydrogen-bond donors (Lipinski definition) is 1. The third-order valence-corrected chi connectivity index (χ3v) is 3.37. The average molecular weight is 341 g/mol. The molecule has 1 aliphatic heterocycles. The molecule has 1 aliphatic rings. The summed E-state index contributed by atoms with van der Waals surface area (Å²) in [6.07, 6.45) is -4.07. The lowest BCUT2D eigenvalue weighted by atomic mass is 10.2. The molecule has 0 aliphatic carbocycles. The lowest BCUT2D eigenvalue weighted by molar-refractivity contribution is -0.141. The summed E-state index contributed by atoms with van der Waals surface area (Å²) in [5.74, 6) is 0.649. The van der Waals surface area contributed by atoms with Crippen molar-refractivity contribution >= 4 is 5.91 Å². The van der Waals surface area contributed by atoms with Crippen LogP contribution in [0.5, 0.6) is 11.5 Å². The molecule has 6 nitrogen and oxygen atoms in total. The van der Waals surface area contributed by atoms with Crippen molar-refractivity contribution in [2.24, 2.45) is 0 Å². The predicted molar refractivity (Wildman–Crippen MR) is 76.6 cm³/mol. The van der Waals surface area contributed by atoms with Crippen molar-refractivity contribution in [2.75, 3.05) is 13.2 Å². The molecule has 0 radical (unpaired) electrons. The Hall–Kier alpha value is -2.71. The molecule has 3 rings (SSSR count). The third-order valence-electron chi connectivity index (χ3n) is 3.37. The van der Waals surface area contributed by atoms with Crippen molar-refractivity contribution in [3.63, 3.8) is 0 Å². The summed E-state index contributed by atoms with van der Waals surface area (Å²) >= 11 is 0. The SMILES string of the molecule is O=C(NCCn1ccc(C(F)(F)F)n1)C1COc2ccccc2O1. The van der Waals surface area contributed by atoms with Crippen molar-refractivity contribution in [3.05, 3.63) is 42.2 Å². The van der Waals surface area contributed by atoms with Gasteiger partial charge in [0.1, 0.15) is 6.61 Å². The maximum atomic E-state index is 12.4. The van der Waals surface area contributed by atoms with Gasteiger partial charge in [0.2, 0.25) is 6.10 Å². The Morgan fingerprint density at radius 1 is 1.29 bits per heavy atom. The van der Waals surface area contributed by atoms with Crippen molar-refractivity contribution in [2.45, 2.75) is 18.8 Å². The number of nitrogens with zero attached hydrogens (tertiary/aromatic N) is 2. The molecule has 0 saturated carbocycles. The van der Waals surface area contributed by atoms with Crippen LogP contribution in [-0.4, -0.2) is 34.9 Å². The minimum Gasteiger partial charge on any atom is -0.485 e. The molecule has 1 N–H and O–H groups in total. The minimum atomic E-state index is -4.48. The summed E-state index contributed by atoms with van der Waals surface area (Å²) < 4.78 is 49.4. The van der Waals surface area contributed by atoms with Gasteiger partial charge in [0.15, 0.2) is 17.2 Å². The maximum Gasteiger partial charge on any atom is 0.435 e. The smallest absolute Gasteiger partial charge is 0.435 e. The van der Waals surface area contributed by atoms with Crippen LogP contribution in [-0.2, 0) is 17.5 Å². The summed E-state index contributed by atoms with van der Waals surface area (Å²) in [7, 11) is 0. The van der Waals surface area contributed by atoms with Crippen LogP contribution in [0.3, 0.4) is 0 Å². The molecular formula is C15H14F3N3O3. The summed E-state index contributed by atoms with van der Waals surface area (Å²) in [6.45, 7) is 0.314. The van der Waals surface area contributed by atoms with Crippen molar-refractivity contribution in [3.8, 4) is 11.5 Å². The summed E-state index contributed by atoms with van der Waals surface area (Å²) in [4.78, 5) is 12.0. The molecule has 1 aromatic heterocycles. The standard InChI is InChI=1S/C15H14F3N3O3/c16-15(17,18)13-5-7-21(20-13)8-6-19-14(22)12-9-23-10-3-1-2-4-11(10)24-12/h1-5,7,12H,6,8-9H2,(H,19,22). The first kappa shape index (κ1) is 16.2. The van der Waals surface area contributed by atoms with Crippen LogP contribution in [0.1, 0.15) is 5.69 Å². The van der Waals surface area contributed by atoms with E-state index in [-0.39, 0.29) is 19.7 Å². The number of benzene rings is 1. The van der Waals surface area contributed by atoms with Gasteiger partial charge in [-0.2, -0.15) is 18.3 Å². The van der Waals surface area contributed by atoms with E-state index in [0.29, 0.717) is 11.5 Å². The third kappa shape index (κ3) is 3.61. The second kappa shape index (κ2) is 6.42. The zero-order valence-corrected chi connectivity index (χ0v) is 12.4. The fraction of sp³-hybridized carbons (Fsp3) is 0.333. The van der Waals surface area contributed by atoms with Gasteiger partial charge in [-0.15, -0.1) is 0 Å². The molecule has 2 heterocycles. The molecule has 0 saturated heterocycles. The Kier molecular flexibility index (Phi) is 4.32. The van der Waals surface area contributed by atoms with Crippen LogP contribution in [0.4, 0.5) is 13.2 Å². The van der Waals surface area contributed by atoms with E-state index in [1.54, 1.807) is 24.3 Å². The molecule has 0 fully saturated rings. The second-order valence-corrected chi connectivity index (χ2v) is 5.12. The summed E-state index contributed by atoms with van der Waals surface area (Å²) in [6, 6.07) is 7.87. The topological polar surface area (TPSA) is 65.4 Å². The van der Waals surface area contributed by atoms with Gasteiger partial charge < -0.3 is 14.8 Å². The number of carbonyl (C=O) groups excluding carboxylic acids is 1. The Labute approximate surface area is 135 Å². The van der Waals surface area contributed by atoms with E-state index in [9.17, 15) is 18.0 Å². The molecule has 9 heteroatoms. The number of rotatable bonds is 4. The van der Waals surface area contributed by atoms with E-state index in [1.807, 2.05) is 0 Å². The molecule has 128 valence electrons. The molecular weight excluding hydrogens is 327 g/mol. The molecule has 0 bridgehead atoms. The summed E-state index contributed by atoms with van der Waals surface area (Å²) in [5, 5.41) is 6.00.